The summed E-state index contributed by atoms with van der Waals surface area (Å²) in [6.07, 6.45) is 4.47. The van der Waals surface area contributed by atoms with E-state index >= 15 is 0 Å². The van der Waals surface area contributed by atoms with Crippen molar-refractivity contribution in [2.45, 2.75) is 49.6 Å². The molecule has 0 aliphatic carbocycles. The first-order chi connectivity index (χ1) is 15.8. The molecule has 2 aromatic carbocycles. The summed E-state index contributed by atoms with van der Waals surface area (Å²) in [7, 11) is -3.98. The maximum Gasteiger partial charge on any atom is 0.357 e. The summed E-state index contributed by atoms with van der Waals surface area (Å²) in [6, 6.07) is 14.4. The minimum Gasteiger partial charge on any atom is -0.461 e. The zero-order chi connectivity index (χ0) is 24.0. The van der Waals surface area contributed by atoms with E-state index in [0.717, 1.165) is 24.2 Å². The monoisotopic (exact) mass is 487 g/mol. The van der Waals surface area contributed by atoms with Crippen LogP contribution in [0.5, 0.6) is 0 Å². The molecule has 0 unspecified atom stereocenters. The number of carbonyl (C=O) groups is 1. The molecule has 3 rings (SSSR count). The fourth-order valence-electron chi connectivity index (χ4n) is 3.65. The van der Waals surface area contributed by atoms with Crippen LogP contribution in [-0.2, 0) is 27.7 Å². The lowest BCUT2D eigenvalue weighted by Crippen LogP contribution is -2.17. The standard InChI is InChI=1S/C24H29N3O4S2/c1-4-6-12-21-26-23(32-3)22(24(28)31-5-2)27(21)16-17-13-14-19(18-10-8-7-9-11-18)20(15-17)33(25,29)30/h7-11,13-15H,4-6,12,16H2,1-3H3,(H2,25,29,30). The quantitative estimate of drug-likeness (QED) is 0.334. The molecule has 7 nitrogen and oxygen atoms in total. The van der Waals surface area contributed by atoms with E-state index in [1.165, 1.54) is 11.8 Å². The van der Waals surface area contributed by atoms with Crippen molar-refractivity contribution >= 4 is 27.8 Å². The van der Waals surface area contributed by atoms with Crippen LogP contribution in [0, 0.1) is 0 Å². The number of nitrogens with zero attached hydrogens (tertiary/aromatic N) is 2. The number of imidazole rings is 1. The molecule has 0 fully saturated rings. The number of ether oxygens (including phenoxy) is 1. The highest BCUT2D eigenvalue weighted by Gasteiger charge is 2.24. The van der Waals surface area contributed by atoms with E-state index < -0.39 is 16.0 Å². The van der Waals surface area contributed by atoms with Gasteiger partial charge in [-0.2, -0.15) is 0 Å². The van der Waals surface area contributed by atoms with Gasteiger partial charge < -0.3 is 9.30 Å². The molecule has 0 aliphatic heterocycles. The van der Waals surface area contributed by atoms with Crippen LogP contribution in [0.25, 0.3) is 11.1 Å². The summed E-state index contributed by atoms with van der Waals surface area (Å²) in [4.78, 5) is 17.5. The Morgan fingerprint density at radius 2 is 1.88 bits per heavy atom. The molecule has 3 aromatic rings. The zero-order valence-electron chi connectivity index (χ0n) is 19.1. The van der Waals surface area contributed by atoms with E-state index in [4.69, 9.17) is 9.88 Å². The molecule has 0 aliphatic rings. The van der Waals surface area contributed by atoms with Gasteiger partial charge in [-0.25, -0.2) is 23.3 Å². The first-order valence-corrected chi connectivity index (χ1v) is 13.6. The van der Waals surface area contributed by atoms with Gasteiger partial charge in [-0.05, 0) is 36.8 Å². The summed E-state index contributed by atoms with van der Waals surface area (Å²) >= 11 is 1.39. The lowest BCUT2D eigenvalue weighted by Gasteiger charge is -2.14. The number of carbonyl (C=O) groups excluding carboxylic acids is 1. The Morgan fingerprint density at radius 3 is 2.48 bits per heavy atom. The van der Waals surface area contributed by atoms with Gasteiger partial charge >= 0.3 is 5.97 Å². The molecule has 0 spiro atoms. The Kier molecular flexibility index (Phi) is 8.34. The lowest BCUT2D eigenvalue weighted by atomic mass is 10.0. The second kappa shape index (κ2) is 11.0. The van der Waals surface area contributed by atoms with Gasteiger partial charge in [0.1, 0.15) is 10.9 Å². The number of rotatable bonds is 10. The summed E-state index contributed by atoms with van der Waals surface area (Å²) in [5.41, 5.74) is 2.39. The van der Waals surface area contributed by atoms with E-state index in [1.54, 1.807) is 19.1 Å². The number of benzene rings is 2. The number of thioether (sulfide) groups is 1. The predicted molar refractivity (Wildman–Crippen MR) is 131 cm³/mol. The number of hydrogen-bond donors (Lipinski definition) is 1. The number of hydrogen-bond acceptors (Lipinski definition) is 6. The Labute approximate surface area is 199 Å². The molecule has 0 amide bonds. The van der Waals surface area contributed by atoms with Crippen molar-refractivity contribution in [3.05, 3.63) is 65.6 Å². The van der Waals surface area contributed by atoms with E-state index in [-0.39, 0.29) is 18.0 Å². The average Bonchev–Trinajstić information content (AvgIpc) is 3.15. The van der Waals surface area contributed by atoms with Crippen molar-refractivity contribution in [3.63, 3.8) is 0 Å². The number of nitrogens with two attached hydrogens (primary N) is 1. The zero-order valence-corrected chi connectivity index (χ0v) is 20.7. The number of esters is 1. The number of aromatic nitrogens is 2. The number of aryl methyl sites for hydroxylation is 1. The molecule has 1 heterocycles. The third-order valence-electron chi connectivity index (χ3n) is 5.21. The molecule has 33 heavy (non-hydrogen) atoms. The molecule has 0 atom stereocenters. The van der Waals surface area contributed by atoms with Crippen LogP contribution < -0.4 is 5.14 Å². The molecular weight excluding hydrogens is 458 g/mol. The van der Waals surface area contributed by atoms with Crippen LogP contribution in [0.1, 0.15) is 48.6 Å². The van der Waals surface area contributed by atoms with Crippen molar-refractivity contribution in [1.82, 2.24) is 9.55 Å². The second-order valence-electron chi connectivity index (χ2n) is 7.54. The molecule has 1 aromatic heterocycles. The largest absolute Gasteiger partial charge is 0.461 e. The Bertz CT molecular complexity index is 1220. The van der Waals surface area contributed by atoms with Crippen molar-refractivity contribution in [2.75, 3.05) is 12.9 Å². The third kappa shape index (κ3) is 5.85. The maximum atomic E-state index is 12.8. The van der Waals surface area contributed by atoms with Crippen LogP contribution in [0.4, 0.5) is 0 Å². The molecule has 0 saturated heterocycles. The summed E-state index contributed by atoms with van der Waals surface area (Å²) in [5.74, 6) is 0.332. The van der Waals surface area contributed by atoms with Crippen LogP contribution in [0.15, 0.2) is 58.5 Å². The van der Waals surface area contributed by atoms with E-state index in [1.807, 2.05) is 47.2 Å². The van der Waals surface area contributed by atoms with Crippen molar-refractivity contribution < 1.29 is 17.9 Å². The molecule has 0 radical (unpaired) electrons. The SMILES string of the molecule is CCCCc1nc(SC)c(C(=O)OCC)n1Cc1ccc(-c2ccccc2)c(S(N)(=O)=O)c1. The molecule has 0 bridgehead atoms. The molecule has 2 N–H and O–H groups in total. The van der Waals surface area contributed by atoms with E-state index in [0.29, 0.717) is 28.3 Å². The molecule has 0 saturated carbocycles. The predicted octanol–water partition coefficient (Wildman–Crippen LogP) is 4.49. The normalized spacial score (nSPS) is 11.5. The third-order valence-corrected chi connectivity index (χ3v) is 6.83. The van der Waals surface area contributed by atoms with Crippen molar-refractivity contribution in [2.24, 2.45) is 5.14 Å². The molecule has 176 valence electrons. The first-order valence-electron chi connectivity index (χ1n) is 10.8. The number of primary sulfonamides is 1. The highest BCUT2D eigenvalue weighted by Crippen LogP contribution is 2.29. The van der Waals surface area contributed by atoms with Crippen molar-refractivity contribution in [3.8, 4) is 11.1 Å². The van der Waals surface area contributed by atoms with Gasteiger partial charge in [0.25, 0.3) is 0 Å². The van der Waals surface area contributed by atoms with E-state index in [9.17, 15) is 13.2 Å². The highest BCUT2D eigenvalue weighted by molar-refractivity contribution is 7.98. The number of unbranched alkanes of at least 4 members (excludes halogenated alkanes) is 1. The topological polar surface area (TPSA) is 104 Å². The van der Waals surface area contributed by atoms with Gasteiger partial charge in [-0.15, -0.1) is 11.8 Å². The van der Waals surface area contributed by atoms with Crippen LogP contribution in [0.2, 0.25) is 0 Å². The van der Waals surface area contributed by atoms with Crippen LogP contribution in [0.3, 0.4) is 0 Å². The minimum absolute atomic E-state index is 0.0456. The van der Waals surface area contributed by atoms with Gasteiger partial charge in [0, 0.05) is 18.5 Å². The van der Waals surface area contributed by atoms with Crippen molar-refractivity contribution in [1.29, 1.82) is 0 Å². The Hall–Kier alpha value is -2.62. The van der Waals surface area contributed by atoms with Gasteiger partial charge in [0.15, 0.2) is 5.69 Å². The molecular formula is C24H29N3O4S2. The average molecular weight is 488 g/mol. The lowest BCUT2D eigenvalue weighted by molar-refractivity contribution is 0.0509. The van der Waals surface area contributed by atoms with E-state index in [2.05, 4.69) is 11.9 Å². The van der Waals surface area contributed by atoms with Gasteiger partial charge in [-0.1, -0.05) is 55.8 Å². The summed E-state index contributed by atoms with van der Waals surface area (Å²) < 4.78 is 32.0. The maximum absolute atomic E-state index is 12.8. The smallest absolute Gasteiger partial charge is 0.357 e. The minimum atomic E-state index is -3.98. The molecule has 9 heteroatoms. The van der Waals surface area contributed by atoms with Gasteiger partial charge in [-0.3, -0.25) is 0 Å². The Morgan fingerprint density at radius 1 is 1.15 bits per heavy atom. The Balaban J connectivity index is 2.12. The van der Waals surface area contributed by atoms with Crippen LogP contribution in [-0.4, -0.2) is 36.8 Å². The van der Waals surface area contributed by atoms with Crippen LogP contribution >= 0.6 is 11.8 Å². The fraction of sp³-hybridized carbons (Fsp3) is 0.333. The highest BCUT2D eigenvalue weighted by atomic mass is 32.2. The second-order valence-corrected chi connectivity index (χ2v) is 9.86. The number of sulfonamides is 1. The first kappa shape index (κ1) is 25.0. The van der Waals surface area contributed by atoms with Gasteiger partial charge in [0.2, 0.25) is 10.0 Å². The van der Waals surface area contributed by atoms with Gasteiger partial charge in [0.05, 0.1) is 11.5 Å². The summed E-state index contributed by atoms with van der Waals surface area (Å²) in [5, 5.41) is 6.18. The fourth-order valence-corrected chi connectivity index (χ4v) is 5.04. The summed E-state index contributed by atoms with van der Waals surface area (Å²) in [6.45, 7) is 4.38.